The van der Waals surface area contributed by atoms with Crippen molar-refractivity contribution in [3.63, 3.8) is 0 Å². The summed E-state index contributed by atoms with van der Waals surface area (Å²) < 4.78 is 1.13. The van der Waals surface area contributed by atoms with Crippen molar-refractivity contribution in [1.82, 2.24) is 0 Å². The standard InChI is InChI=1S/C6H2BrIS2/c7-6-2-1-5(10-6)3-4-9-8/h1-2H. The zero-order valence-electron chi connectivity index (χ0n) is 4.73. The highest BCUT2D eigenvalue weighted by Gasteiger charge is 1.90. The molecule has 0 amide bonds. The Hall–Kier alpha value is 0.820. The minimum atomic E-state index is 1.11. The molecule has 0 N–H and O–H groups in total. The lowest BCUT2D eigenvalue weighted by Crippen LogP contribution is -1.53. The molecule has 52 valence electrons. The Morgan fingerprint density at radius 3 is 2.90 bits per heavy atom. The molecule has 0 spiro atoms. The first-order valence-corrected chi connectivity index (χ1v) is 7.34. The average Bonchev–Trinajstić information content (AvgIpc) is 2.31. The van der Waals surface area contributed by atoms with Gasteiger partial charge in [0.15, 0.2) is 0 Å². The van der Waals surface area contributed by atoms with Gasteiger partial charge in [0.2, 0.25) is 0 Å². The Labute approximate surface area is 88.5 Å². The van der Waals surface area contributed by atoms with Gasteiger partial charge in [-0.3, -0.25) is 0 Å². The van der Waals surface area contributed by atoms with Gasteiger partial charge in [0.05, 0.1) is 8.66 Å². The third kappa shape index (κ3) is 2.82. The monoisotopic (exact) mass is 344 g/mol. The van der Waals surface area contributed by atoms with Crippen LogP contribution in [0.1, 0.15) is 4.88 Å². The Morgan fingerprint density at radius 2 is 2.40 bits per heavy atom. The predicted molar refractivity (Wildman–Crippen MR) is 60.5 cm³/mol. The van der Waals surface area contributed by atoms with Crippen molar-refractivity contribution < 1.29 is 0 Å². The summed E-state index contributed by atoms with van der Waals surface area (Å²) >= 11 is 7.18. The molecule has 0 bridgehead atoms. The van der Waals surface area contributed by atoms with Gasteiger partial charge in [0.25, 0.3) is 0 Å². The molecule has 1 rings (SSSR count). The number of hydrogen-bond donors (Lipinski definition) is 0. The summed E-state index contributed by atoms with van der Waals surface area (Å²) in [6, 6.07) is 4.02. The molecule has 0 aliphatic carbocycles. The van der Waals surface area contributed by atoms with E-state index in [-0.39, 0.29) is 0 Å². The van der Waals surface area contributed by atoms with E-state index >= 15 is 0 Å². The van der Waals surface area contributed by atoms with Crippen molar-refractivity contribution >= 4 is 57.4 Å². The summed E-state index contributed by atoms with van der Waals surface area (Å²) in [6.45, 7) is 0. The van der Waals surface area contributed by atoms with Crippen LogP contribution in [0.3, 0.4) is 0 Å². The molecule has 0 aromatic carbocycles. The topological polar surface area (TPSA) is 0 Å². The first-order chi connectivity index (χ1) is 4.83. The zero-order valence-corrected chi connectivity index (χ0v) is 10.1. The maximum Gasteiger partial charge on any atom is 0.0789 e. The van der Waals surface area contributed by atoms with E-state index in [1.807, 2.05) is 12.1 Å². The second-order valence-corrected chi connectivity index (χ2v) is 5.55. The molecular weight excluding hydrogens is 343 g/mol. The second-order valence-electron chi connectivity index (χ2n) is 1.41. The van der Waals surface area contributed by atoms with Gasteiger partial charge in [-0.2, -0.15) is 0 Å². The second kappa shape index (κ2) is 4.65. The molecule has 0 nitrogen and oxygen atoms in total. The van der Waals surface area contributed by atoms with Crippen LogP contribution in [0, 0.1) is 11.2 Å². The van der Waals surface area contributed by atoms with E-state index < -0.39 is 0 Å². The Bertz CT molecular complexity index is 271. The number of thiophene rings is 1. The highest BCUT2D eigenvalue weighted by Crippen LogP contribution is 2.21. The fraction of sp³-hybridized carbons (Fsp3) is 0. The van der Waals surface area contributed by atoms with Crippen LogP contribution in [0.25, 0.3) is 0 Å². The van der Waals surface area contributed by atoms with Crippen molar-refractivity contribution in [3.8, 4) is 11.2 Å². The summed E-state index contributed by atoms with van der Waals surface area (Å²) in [5, 5.41) is 2.92. The summed E-state index contributed by atoms with van der Waals surface area (Å²) in [7, 11) is 1.51. The first-order valence-electron chi connectivity index (χ1n) is 2.37. The van der Waals surface area contributed by atoms with Gasteiger partial charge in [0, 0.05) is 21.2 Å². The van der Waals surface area contributed by atoms with E-state index in [0.717, 1.165) is 8.66 Å². The molecule has 0 fully saturated rings. The Morgan fingerprint density at radius 1 is 1.60 bits per heavy atom. The molecule has 1 aromatic heterocycles. The van der Waals surface area contributed by atoms with E-state index in [4.69, 9.17) is 0 Å². The van der Waals surface area contributed by atoms with Crippen LogP contribution in [-0.4, -0.2) is 0 Å². The number of hydrogen-bond acceptors (Lipinski definition) is 2. The predicted octanol–water partition coefficient (Wildman–Crippen LogP) is 3.90. The molecular formula is C6H2BrIS2. The van der Waals surface area contributed by atoms with Crippen molar-refractivity contribution in [2.75, 3.05) is 0 Å². The quantitative estimate of drug-likeness (QED) is 0.508. The summed E-state index contributed by atoms with van der Waals surface area (Å²) in [6.07, 6.45) is 0. The van der Waals surface area contributed by atoms with E-state index in [2.05, 4.69) is 48.3 Å². The average molecular weight is 345 g/mol. The summed E-state index contributed by atoms with van der Waals surface area (Å²) in [5.74, 6) is 3.01. The van der Waals surface area contributed by atoms with Crippen LogP contribution in [0.15, 0.2) is 15.9 Å². The highest BCUT2D eigenvalue weighted by molar-refractivity contribution is 14.2. The maximum absolute atomic E-state index is 3.37. The number of halogens is 2. The van der Waals surface area contributed by atoms with Crippen LogP contribution in [0.4, 0.5) is 0 Å². The van der Waals surface area contributed by atoms with Gasteiger partial charge < -0.3 is 0 Å². The molecule has 10 heavy (non-hydrogen) atoms. The van der Waals surface area contributed by atoms with Gasteiger partial charge in [-0.1, -0.05) is 0 Å². The Kier molecular flexibility index (Phi) is 4.14. The van der Waals surface area contributed by atoms with Crippen LogP contribution >= 0.6 is 57.4 Å². The minimum Gasteiger partial charge on any atom is -0.120 e. The van der Waals surface area contributed by atoms with Gasteiger partial charge in [-0.25, -0.2) is 0 Å². The largest absolute Gasteiger partial charge is 0.120 e. The fourth-order valence-electron chi connectivity index (χ4n) is 0.451. The van der Waals surface area contributed by atoms with Crippen LogP contribution < -0.4 is 0 Å². The lowest BCUT2D eigenvalue weighted by atomic mass is 10.5. The van der Waals surface area contributed by atoms with Gasteiger partial charge in [-0.15, -0.1) is 11.3 Å². The van der Waals surface area contributed by atoms with Crippen LogP contribution in [0.5, 0.6) is 0 Å². The number of rotatable bonds is 0. The highest BCUT2D eigenvalue weighted by atomic mass is 127. The molecule has 0 saturated heterocycles. The zero-order chi connectivity index (χ0) is 7.40. The lowest BCUT2D eigenvalue weighted by Gasteiger charge is -1.73. The van der Waals surface area contributed by atoms with Crippen LogP contribution in [-0.2, 0) is 0 Å². The smallest absolute Gasteiger partial charge is 0.0789 e. The van der Waals surface area contributed by atoms with Crippen molar-refractivity contribution in [2.45, 2.75) is 0 Å². The summed E-state index contributed by atoms with van der Waals surface area (Å²) in [5.41, 5.74) is 0. The molecule has 0 aliphatic rings. The van der Waals surface area contributed by atoms with Gasteiger partial charge in [-0.05, 0) is 48.2 Å². The van der Waals surface area contributed by atoms with Gasteiger partial charge in [0.1, 0.15) is 0 Å². The molecule has 0 aliphatic heterocycles. The molecule has 4 heteroatoms. The van der Waals surface area contributed by atoms with Crippen molar-refractivity contribution in [1.29, 1.82) is 0 Å². The molecule has 0 unspecified atom stereocenters. The van der Waals surface area contributed by atoms with Crippen molar-refractivity contribution in [3.05, 3.63) is 20.8 Å². The molecule has 0 radical (unpaired) electrons. The third-order valence-electron chi connectivity index (χ3n) is 0.786. The molecule has 0 saturated carbocycles. The molecule has 1 heterocycles. The summed E-state index contributed by atoms with van der Waals surface area (Å²) in [4.78, 5) is 1.11. The van der Waals surface area contributed by atoms with E-state index in [1.165, 1.54) is 8.93 Å². The van der Waals surface area contributed by atoms with Gasteiger partial charge >= 0.3 is 0 Å². The first kappa shape index (κ1) is 8.91. The fourth-order valence-corrected chi connectivity index (χ4v) is 2.23. The molecule has 1 aromatic rings. The SMILES string of the molecule is Brc1ccc(C#CSI)s1. The lowest BCUT2D eigenvalue weighted by molar-refractivity contribution is 1.91. The minimum absolute atomic E-state index is 1.11. The maximum atomic E-state index is 3.37. The van der Waals surface area contributed by atoms with E-state index in [9.17, 15) is 0 Å². The normalized spacial score (nSPS) is 8.60. The van der Waals surface area contributed by atoms with E-state index in [0.29, 0.717) is 0 Å². The van der Waals surface area contributed by atoms with Crippen LogP contribution in [0.2, 0.25) is 0 Å². The van der Waals surface area contributed by atoms with E-state index in [1.54, 1.807) is 11.3 Å². The molecule has 0 atom stereocenters. The van der Waals surface area contributed by atoms with Crippen molar-refractivity contribution in [2.24, 2.45) is 0 Å². The Balaban J connectivity index is 2.76. The third-order valence-corrected chi connectivity index (χ3v) is 3.16.